The number of aromatic nitrogens is 2. The van der Waals surface area contributed by atoms with E-state index in [2.05, 4.69) is 15.2 Å². The molecule has 1 amide bonds. The van der Waals surface area contributed by atoms with E-state index in [-0.39, 0.29) is 18.8 Å². The molecule has 0 aliphatic heterocycles. The molecule has 0 radical (unpaired) electrons. The van der Waals surface area contributed by atoms with E-state index in [0.717, 1.165) is 0 Å². The zero-order chi connectivity index (χ0) is 13.7. The summed E-state index contributed by atoms with van der Waals surface area (Å²) in [5.41, 5.74) is 5.06. The number of hydrogen-bond acceptors (Lipinski definition) is 6. The molecule has 1 aromatic heterocycles. The topological polar surface area (TPSA) is 125 Å². The summed E-state index contributed by atoms with van der Waals surface area (Å²) < 4.78 is 6.00. The summed E-state index contributed by atoms with van der Waals surface area (Å²) in [7, 11) is 0. The van der Waals surface area contributed by atoms with Gasteiger partial charge < -0.3 is 15.8 Å². The first-order chi connectivity index (χ1) is 8.47. The second-order valence-corrected chi connectivity index (χ2v) is 3.45. The van der Waals surface area contributed by atoms with E-state index >= 15 is 0 Å². The summed E-state index contributed by atoms with van der Waals surface area (Å²) in [6.07, 6.45) is -0.883. The number of nitro groups is 1. The van der Waals surface area contributed by atoms with Crippen LogP contribution >= 0.6 is 0 Å². The van der Waals surface area contributed by atoms with E-state index in [9.17, 15) is 14.9 Å². The lowest BCUT2D eigenvalue weighted by molar-refractivity contribution is -0.384. The molecule has 0 aromatic carbocycles. The van der Waals surface area contributed by atoms with E-state index < -0.39 is 11.0 Å². The van der Waals surface area contributed by atoms with Crippen LogP contribution in [0.1, 0.15) is 12.6 Å². The predicted octanol–water partition coefficient (Wildman–Crippen LogP) is 0.627. The molecule has 9 nitrogen and oxygen atoms in total. The molecule has 0 spiro atoms. The first-order valence-electron chi connectivity index (χ1n) is 5.35. The monoisotopic (exact) mass is 257 g/mol. The van der Waals surface area contributed by atoms with Gasteiger partial charge in [0.2, 0.25) is 5.82 Å². The highest BCUT2D eigenvalue weighted by Gasteiger charge is 2.24. The van der Waals surface area contributed by atoms with E-state index in [0.29, 0.717) is 18.1 Å². The van der Waals surface area contributed by atoms with Gasteiger partial charge in [0.05, 0.1) is 11.5 Å². The van der Waals surface area contributed by atoms with E-state index in [1.165, 1.54) is 4.68 Å². The lowest BCUT2D eigenvalue weighted by Crippen LogP contribution is -2.19. The molecule has 1 heterocycles. The van der Waals surface area contributed by atoms with Gasteiger partial charge in [0.15, 0.2) is 0 Å². The molecular formula is C9H15N5O4. The molecule has 0 bridgehead atoms. The second kappa shape index (κ2) is 5.84. The van der Waals surface area contributed by atoms with Crippen molar-refractivity contribution >= 4 is 17.6 Å². The molecule has 3 N–H and O–H groups in total. The highest BCUT2D eigenvalue weighted by atomic mass is 16.6. The molecule has 1 rings (SSSR count). The molecular weight excluding hydrogens is 242 g/mol. The van der Waals surface area contributed by atoms with Crippen molar-refractivity contribution in [2.45, 2.75) is 20.4 Å². The third-order valence-electron chi connectivity index (χ3n) is 2.22. The maximum absolute atomic E-state index is 10.9. The summed E-state index contributed by atoms with van der Waals surface area (Å²) >= 11 is 0. The molecule has 18 heavy (non-hydrogen) atoms. The third kappa shape index (κ3) is 3.09. The Morgan fingerprint density at radius 2 is 2.33 bits per heavy atom. The number of nitrogens with two attached hydrogens (primary N) is 1. The van der Waals surface area contributed by atoms with Crippen LogP contribution in [0.25, 0.3) is 0 Å². The van der Waals surface area contributed by atoms with Gasteiger partial charge in [-0.05, 0) is 13.8 Å². The molecule has 0 aliphatic rings. The first kappa shape index (κ1) is 13.7. The largest absolute Gasteiger partial charge is 0.448 e. The van der Waals surface area contributed by atoms with Crippen molar-refractivity contribution < 1.29 is 14.5 Å². The summed E-state index contributed by atoms with van der Waals surface area (Å²) in [6.45, 7) is 4.12. The number of hydrogen-bond donors (Lipinski definition) is 2. The zero-order valence-electron chi connectivity index (χ0n) is 10.2. The molecule has 0 unspecified atom stereocenters. The zero-order valence-corrected chi connectivity index (χ0v) is 10.2. The fraction of sp³-hybridized carbons (Fsp3) is 0.556. The van der Waals surface area contributed by atoms with Crippen molar-refractivity contribution in [3.63, 3.8) is 0 Å². The second-order valence-electron chi connectivity index (χ2n) is 3.45. The van der Waals surface area contributed by atoms with Crippen LogP contribution in [0, 0.1) is 17.0 Å². The lowest BCUT2D eigenvalue weighted by atomic mass is 10.4. The molecule has 1 aromatic rings. The number of primary amides is 1. The standard InChI is InChI=1S/C9H15N5O4/c1-3-13-8(11-4-5-18-9(10)15)7(14(16)17)6(2)12-13/h11H,3-5H2,1-2H3,(H2,10,15). The van der Waals surface area contributed by atoms with Gasteiger partial charge in [-0.3, -0.25) is 10.1 Å². The predicted molar refractivity (Wildman–Crippen MR) is 63.3 cm³/mol. The molecule has 9 heteroatoms. The Hall–Kier alpha value is -2.32. The van der Waals surface area contributed by atoms with Crippen LogP contribution in [0.5, 0.6) is 0 Å². The fourth-order valence-electron chi connectivity index (χ4n) is 1.52. The normalized spacial score (nSPS) is 10.1. The smallest absolute Gasteiger partial charge is 0.404 e. The van der Waals surface area contributed by atoms with Gasteiger partial charge in [-0.2, -0.15) is 5.10 Å². The van der Waals surface area contributed by atoms with Gasteiger partial charge >= 0.3 is 11.8 Å². The van der Waals surface area contributed by atoms with Crippen LogP contribution in [-0.4, -0.2) is 33.9 Å². The third-order valence-corrected chi connectivity index (χ3v) is 2.22. The van der Waals surface area contributed by atoms with Crippen molar-refractivity contribution in [1.29, 1.82) is 0 Å². The molecule has 0 fully saturated rings. The molecule has 100 valence electrons. The quantitative estimate of drug-likeness (QED) is 0.437. The van der Waals surface area contributed by atoms with E-state index in [4.69, 9.17) is 5.73 Å². The van der Waals surface area contributed by atoms with Crippen molar-refractivity contribution in [1.82, 2.24) is 9.78 Å². The molecule has 0 saturated carbocycles. The van der Waals surface area contributed by atoms with Crippen LogP contribution in [-0.2, 0) is 11.3 Å². The summed E-state index contributed by atoms with van der Waals surface area (Å²) in [5.74, 6) is 0.299. The highest BCUT2D eigenvalue weighted by molar-refractivity contribution is 5.64. The fourth-order valence-corrected chi connectivity index (χ4v) is 1.52. The SMILES string of the molecule is CCn1nc(C)c([N+](=O)[O-])c1NCCOC(N)=O. The van der Waals surface area contributed by atoms with Crippen molar-refractivity contribution in [2.75, 3.05) is 18.5 Å². The lowest BCUT2D eigenvalue weighted by Gasteiger charge is -2.07. The van der Waals surface area contributed by atoms with Crippen LogP contribution in [0.4, 0.5) is 16.3 Å². The summed E-state index contributed by atoms with van der Waals surface area (Å²) in [5, 5.41) is 17.8. The number of anilines is 1. The minimum Gasteiger partial charge on any atom is -0.448 e. The molecule has 0 aliphatic carbocycles. The number of amides is 1. The Balaban J connectivity index is 2.79. The Morgan fingerprint density at radius 1 is 1.67 bits per heavy atom. The average Bonchev–Trinajstić information content (AvgIpc) is 2.60. The van der Waals surface area contributed by atoms with Crippen LogP contribution in [0.15, 0.2) is 0 Å². The van der Waals surface area contributed by atoms with Gasteiger partial charge in [-0.15, -0.1) is 0 Å². The van der Waals surface area contributed by atoms with Gasteiger partial charge in [0.1, 0.15) is 12.3 Å². The Kier molecular flexibility index (Phi) is 4.46. The van der Waals surface area contributed by atoms with Crippen molar-refractivity contribution in [2.24, 2.45) is 5.73 Å². The van der Waals surface area contributed by atoms with E-state index in [1.54, 1.807) is 6.92 Å². The van der Waals surface area contributed by atoms with Gasteiger partial charge in [0, 0.05) is 6.54 Å². The number of nitrogens with one attached hydrogen (secondary N) is 1. The number of carbonyl (C=O) groups excluding carboxylic acids is 1. The Labute approximate surface area is 103 Å². The number of ether oxygens (including phenoxy) is 1. The van der Waals surface area contributed by atoms with Gasteiger partial charge in [0.25, 0.3) is 0 Å². The van der Waals surface area contributed by atoms with Gasteiger partial charge in [-0.1, -0.05) is 0 Å². The maximum Gasteiger partial charge on any atom is 0.404 e. The molecule has 0 atom stereocenters. The Morgan fingerprint density at radius 3 is 2.83 bits per heavy atom. The van der Waals surface area contributed by atoms with Crippen molar-refractivity contribution in [3.05, 3.63) is 15.8 Å². The number of aryl methyl sites for hydroxylation is 2. The molecule has 0 saturated heterocycles. The van der Waals surface area contributed by atoms with Crippen LogP contribution < -0.4 is 11.1 Å². The van der Waals surface area contributed by atoms with E-state index in [1.807, 2.05) is 6.92 Å². The van der Waals surface area contributed by atoms with Crippen molar-refractivity contribution in [3.8, 4) is 0 Å². The highest BCUT2D eigenvalue weighted by Crippen LogP contribution is 2.27. The van der Waals surface area contributed by atoms with Crippen LogP contribution in [0.3, 0.4) is 0 Å². The van der Waals surface area contributed by atoms with Crippen LogP contribution in [0.2, 0.25) is 0 Å². The number of rotatable bonds is 6. The summed E-state index contributed by atoms with van der Waals surface area (Å²) in [4.78, 5) is 20.8. The minimum atomic E-state index is -0.883. The number of carbonyl (C=O) groups is 1. The Bertz CT molecular complexity index is 456. The average molecular weight is 257 g/mol. The minimum absolute atomic E-state index is 0.0282. The first-order valence-corrected chi connectivity index (χ1v) is 5.35. The number of nitrogens with zero attached hydrogens (tertiary/aromatic N) is 3. The maximum atomic E-state index is 10.9. The van der Waals surface area contributed by atoms with Gasteiger partial charge in [-0.25, -0.2) is 9.48 Å². The summed E-state index contributed by atoms with van der Waals surface area (Å²) in [6, 6.07) is 0.